The second-order valence-electron chi connectivity index (χ2n) is 2.39. The van der Waals surface area contributed by atoms with Crippen molar-refractivity contribution in [2.24, 2.45) is 0 Å². The Morgan fingerprint density at radius 2 is 2.27 bits per heavy atom. The largest absolute Gasteiger partial charge is 0.399 e. The molecule has 1 aromatic carbocycles. The average molecular weight is 145 g/mol. The quantitative estimate of drug-likeness (QED) is 0.574. The van der Waals surface area contributed by atoms with Gasteiger partial charge < -0.3 is 5.73 Å². The molecule has 0 aliphatic heterocycles. The van der Waals surface area contributed by atoms with Crippen LogP contribution in [0.2, 0.25) is 0 Å². The highest BCUT2D eigenvalue weighted by atomic mass is 14.6. The lowest BCUT2D eigenvalue weighted by Gasteiger charge is -1.96. The van der Waals surface area contributed by atoms with Crippen LogP contribution in [-0.4, -0.2) is 4.98 Å². The van der Waals surface area contributed by atoms with Gasteiger partial charge in [-0.15, -0.1) is 0 Å². The summed E-state index contributed by atoms with van der Waals surface area (Å²) in [4.78, 5) is 4.08. The van der Waals surface area contributed by atoms with Crippen LogP contribution in [-0.2, 0) is 0 Å². The zero-order valence-corrected chi connectivity index (χ0v) is 5.91. The highest BCUT2D eigenvalue weighted by Crippen LogP contribution is 2.13. The first-order valence-electron chi connectivity index (χ1n) is 3.87. The topological polar surface area (TPSA) is 38.9 Å². The number of aromatic nitrogens is 1. The summed E-state index contributed by atoms with van der Waals surface area (Å²) >= 11 is 0. The van der Waals surface area contributed by atoms with Crippen LogP contribution >= 0.6 is 0 Å². The minimum atomic E-state index is 0.410. The Morgan fingerprint density at radius 3 is 3.18 bits per heavy atom. The van der Waals surface area contributed by atoms with Crippen LogP contribution in [0.5, 0.6) is 0 Å². The molecular weight excluding hydrogens is 136 g/mol. The average Bonchev–Trinajstić information content (AvgIpc) is 2.03. The molecule has 2 aromatic rings. The predicted octanol–water partition coefficient (Wildman–Crippen LogP) is 1.82. The molecule has 0 atom stereocenters. The van der Waals surface area contributed by atoms with Gasteiger partial charge in [-0.1, -0.05) is 6.07 Å². The molecule has 0 spiro atoms. The fourth-order valence-corrected chi connectivity index (χ4v) is 1.04. The van der Waals surface area contributed by atoms with Gasteiger partial charge in [0.05, 0.1) is 6.89 Å². The number of fused-ring (bicyclic) bond motifs is 1. The fourth-order valence-electron chi connectivity index (χ4n) is 1.04. The maximum atomic E-state index is 7.34. The van der Waals surface area contributed by atoms with Gasteiger partial charge in [0.1, 0.15) is 0 Å². The molecule has 2 N–H and O–H groups in total. The molecule has 2 nitrogen and oxygen atoms in total. The molecule has 0 saturated heterocycles. The van der Waals surface area contributed by atoms with Crippen molar-refractivity contribution in [2.75, 3.05) is 5.73 Å². The molecule has 0 saturated carbocycles. The van der Waals surface area contributed by atoms with E-state index in [-0.39, 0.29) is 0 Å². The Hall–Kier alpha value is -1.57. The van der Waals surface area contributed by atoms with E-state index in [0.717, 1.165) is 10.9 Å². The Bertz CT molecular complexity index is 389. The van der Waals surface area contributed by atoms with Crippen molar-refractivity contribution in [3.63, 3.8) is 0 Å². The number of nitrogen functional groups attached to an aromatic ring is 1. The summed E-state index contributed by atoms with van der Waals surface area (Å²) in [6.07, 6.45) is 1.53. The van der Waals surface area contributed by atoms with Crippen LogP contribution < -0.4 is 5.73 Å². The van der Waals surface area contributed by atoms with Crippen LogP contribution in [0, 0.1) is 0 Å². The smallest absolute Gasteiger partial charge is 0.0703 e. The third-order valence-electron chi connectivity index (χ3n) is 1.57. The number of pyridine rings is 1. The van der Waals surface area contributed by atoms with Gasteiger partial charge >= 0.3 is 0 Å². The molecule has 0 amide bonds. The Morgan fingerprint density at radius 1 is 1.36 bits per heavy atom. The molecular formula is C9H8N2. The lowest BCUT2D eigenvalue weighted by molar-refractivity contribution is 1.41. The van der Waals surface area contributed by atoms with Crippen molar-refractivity contribution in [1.29, 1.82) is 0 Å². The predicted molar refractivity (Wildman–Crippen MR) is 46.2 cm³/mol. The van der Waals surface area contributed by atoms with Crippen molar-refractivity contribution in [3.8, 4) is 0 Å². The zero-order chi connectivity index (χ0) is 8.55. The van der Waals surface area contributed by atoms with E-state index in [2.05, 4.69) is 4.98 Å². The van der Waals surface area contributed by atoms with Crippen LogP contribution in [0.1, 0.15) is 1.37 Å². The van der Waals surface area contributed by atoms with E-state index < -0.39 is 0 Å². The number of benzene rings is 1. The fraction of sp³-hybridized carbons (Fsp3) is 0. The summed E-state index contributed by atoms with van der Waals surface area (Å²) in [7, 11) is 0. The molecule has 2 rings (SSSR count). The van der Waals surface area contributed by atoms with Gasteiger partial charge in [0.25, 0.3) is 0 Å². The Kier molecular flexibility index (Phi) is 1.04. The Balaban J connectivity index is 2.80. The van der Waals surface area contributed by atoms with Crippen LogP contribution in [0.3, 0.4) is 0 Å². The van der Waals surface area contributed by atoms with Crippen molar-refractivity contribution in [3.05, 3.63) is 36.5 Å². The van der Waals surface area contributed by atoms with Gasteiger partial charge in [0.15, 0.2) is 0 Å². The summed E-state index contributed by atoms with van der Waals surface area (Å²) in [6.45, 7) is 0. The highest BCUT2D eigenvalue weighted by Gasteiger charge is 1.91. The van der Waals surface area contributed by atoms with E-state index in [9.17, 15) is 0 Å². The summed E-state index contributed by atoms with van der Waals surface area (Å²) in [6, 6.07) is 7.63. The number of hydrogen-bond acceptors (Lipinski definition) is 2. The number of nitrogens with two attached hydrogens (primary N) is 1. The molecule has 0 aliphatic carbocycles. The van der Waals surface area contributed by atoms with E-state index in [1.165, 1.54) is 6.20 Å². The molecule has 0 fully saturated rings. The third-order valence-corrected chi connectivity index (χ3v) is 1.57. The summed E-state index contributed by atoms with van der Waals surface area (Å²) in [5.41, 5.74) is 7.16. The molecule has 0 aliphatic rings. The van der Waals surface area contributed by atoms with E-state index in [0.29, 0.717) is 11.7 Å². The number of anilines is 1. The number of hydrogen-bond donors (Lipinski definition) is 1. The number of rotatable bonds is 0. The van der Waals surface area contributed by atoms with E-state index in [4.69, 9.17) is 7.10 Å². The van der Waals surface area contributed by atoms with Crippen molar-refractivity contribution in [1.82, 2.24) is 4.98 Å². The van der Waals surface area contributed by atoms with Gasteiger partial charge in [0, 0.05) is 17.3 Å². The van der Waals surface area contributed by atoms with Gasteiger partial charge in [0.2, 0.25) is 0 Å². The zero-order valence-electron chi connectivity index (χ0n) is 6.91. The standard InChI is InChI=1S/C9H8N2/c10-8-3-4-9-7(6-8)2-1-5-11-9/h1-6H,10H2/i1D. The lowest BCUT2D eigenvalue weighted by Crippen LogP contribution is -1.84. The van der Waals surface area contributed by atoms with E-state index in [1.54, 1.807) is 12.1 Å². The van der Waals surface area contributed by atoms with Gasteiger partial charge in [-0.05, 0) is 24.2 Å². The summed E-state index contributed by atoms with van der Waals surface area (Å²) in [5.74, 6) is 0. The van der Waals surface area contributed by atoms with Crippen molar-refractivity contribution in [2.45, 2.75) is 0 Å². The maximum absolute atomic E-state index is 7.34. The normalized spacial score (nSPS) is 11.5. The monoisotopic (exact) mass is 145 g/mol. The SMILES string of the molecule is [2H]c1cnc2ccc(N)cc2c1. The first kappa shape index (κ1) is 5.13. The van der Waals surface area contributed by atoms with Crippen LogP contribution in [0.4, 0.5) is 5.69 Å². The first-order chi connectivity index (χ1) is 5.75. The molecule has 0 radical (unpaired) electrons. The first-order valence-corrected chi connectivity index (χ1v) is 3.37. The summed E-state index contributed by atoms with van der Waals surface area (Å²) in [5, 5.41) is 0.919. The summed E-state index contributed by atoms with van der Waals surface area (Å²) < 4.78 is 7.34. The molecule has 1 aromatic heterocycles. The van der Waals surface area contributed by atoms with Crippen molar-refractivity contribution < 1.29 is 1.37 Å². The molecule has 1 heterocycles. The number of nitrogens with zero attached hydrogens (tertiary/aromatic N) is 1. The lowest BCUT2D eigenvalue weighted by atomic mass is 10.2. The molecule has 0 unspecified atom stereocenters. The van der Waals surface area contributed by atoms with E-state index >= 15 is 0 Å². The molecule has 54 valence electrons. The minimum Gasteiger partial charge on any atom is -0.399 e. The maximum Gasteiger partial charge on any atom is 0.0703 e. The molecule has 0 bridgehead atoms. The second-order valence-corrected chi connectivity index (χ2v) is 2.39. The third kappa shape index (κ3) is 1.03. The van der Waals surface area contributed by atoms with Crippen LogP contribution in [0.15, 0.2) is 36.5 Å². The van der Waals surface area contributed by atoms with Gasteiger partial charge in [-0.25, -0.2) is 0 Å². The van der Waals surface area contributed by atoms with Gasteiger partial charge in [-0.2, -0.15) is 0 Å². The highest BCUT2D eigenvalue weighted by molar-refractivity contribution is 5.81. The van der Waals surface area contributed by atoms with Gasteiger partial charge in [-0.3, -0.25) is 4.98 Å². The molecule has 11 heavy (non-hydrogen) atoms. The van der Waals surface area contributed by atoms with Crippen molar-refractivity contribution >= 4 is 16.6 Å². The van der Waals surface area contributed by atoms with Crippen LogP contribution in [0.25, 0.3) is 10.9 Å². The minimum absolute atomic E-state index is 0.410. The Labute approximate surface area is 66.1 Å². The van der Waals surface area contributed by atoms with E-state index in [1.807, 2.05) is 12.1 Å². The molecule has 2 heteroatoms. The second kappa shape index (κ2) is 2.23.